The number of rotatable bonds is 6. The van der Waals surface area contributed by atoms with E-state index in [0.717, 1.165) is 16.7 Å². The van der Waals surface area contributed by atoms with Crippen LogP contribution in [0.1, 0.15) is 15.9 Å². The van der Waals surface area contributed by atoms with E-state index in [9.17, 15) is 15.0 Å². The Morgan fingerprint density at radius 1 is 0.923 bits per heavy atom. The molecule has 132 valence electrons. The molecule has 0 saturated carbocycles. The van der Waals surface area contributed by atoms with Crippen molar-refractivity contribution in [3.05, 3.63) is 84.2 Å². The molecule has 0 aliphatic carbocycles. The number of aromatic hydroxyl groups is 1. The Kier molecular flexibility index (Phi) is 5.61. The number of phenolic OH excluding ortho intramolecular Hbond substituents is 1. The molecule has 0 aliphatic heterocycles. The van der Waals surface area contributed by atoms with E-state index in [4.69, 9.17) is 0 Å². The Morgan fingerprint density at radius 3 is 2.15 bits per heavy atom. The number of amides is 1. The van der Waals surface area contributed by atoms with E-state index in [1.807, 2.05) is 24.3 Å². The molecule has 1 amide bonds. The number of aromatic nitrogens is 1. The molecule has 3 aromatic rings. The highest BCUT2D eigenvalue weighted by atomic mass is 16.3. The number of carbonyl (C=O) groups is 1. The highest BCUT2D eigenvalue weighted by Gasteiger charge is 2.14. The summed E-state index contributed by atoms with van der Waals surface area (Å²) in [6.07, 6.45) is 3.94. The molecular weight excluding hydrogens is 328 g/mol. The highest BCUT2D eigenvalue weighted by molar-refractivity contribution is 5.94. The van der Waals surface area contributed by atoms with Crippen LogP contribution in [-0.4, -0.2) is 33.8 Å². The van der Waals surface area contributed by atoms with Gasteiger partial charge in [-0.1, -0.05) is 24.3 Å². The topological polar surface area (TPSA) is 82.5 Å². The van der Waals surface area contributed by atoms with Gasteiger partial charge in [0.15, 0.2) is 0 Å². The lowest BCUT2D eigenvalue weighted by atomic mass is 10.0. The maximum Gasteiger partial charge on any atom is 0.251 e. The van der Waals surface area contributed by atoms with E-state index < -0.39 is 6.04 Å². The number of phenols is 1. The van der Waals surface area contributed by atoms with Crippen molar-refractivity contribution in [2.45, 2.75) is 12.5 Å². The highest BCUT2D eigenvalue weighted by Crippen LogP contribution is 2.19. The molecule has 26 heavy (non-hydrogen) atoms. The number of benzene rings is 2. The normalized spacial score (nSPS) is 11.7. The van der Waals surface area contributed by atoms with Crippen LogP contribution < -0.4 is 5.32 Å². The van der Waals surface area contributed by atoms with Crippen molar-refractivity contribution in [2.75, 3.05) is 6.61 Å². The third kappa shape index (κ3) is 4.46. The van der Waals surface area contributed by atoms with Gasteiger partial charge in [-0.15, -0.1) is 0 Å². The minimum absolute atomic E-state index is 0.165. The fourth-order valence-electron chi connectivity index (χ4n) is 2.70. The number of aliphatic hydroxyl groups is 1. The van der Waals surface area contributed by atoms with Crippen LogP contribution in [0.5, 0.6) is 5.75 Å². The predicted octanol–water partition coefficient (Wildman–Crippen LogP) is 2.79. The summed E-state index contributed by atoms with van der Waals surface area (Å²) in [5.74, 6) is -0.0447. The lowest BCUT2D eigenvalue weighted by molar-refractivity contribution is 0.0916. The van der Waals surface area contributed by atoms with Crippen molar-refractivity contribution in [2.24, 2.45) is 0 Å². The van der Waals surface area contributed by atoms with Crippen LogP contribution in [0, 0.1) is 0 Å². The standard InChI is InChI=1S/C21H20N2O3/c24-14-19(13-15-1-7-20(25)8-2-15)23-21(26)18-5-3-16(4-6-18)17-9-11-22-12-10-17/h1-12,19,24-25H,13-14H2,(H,23,26)/t19-/m1/s1. The van der Waals surface area contributed by atoms with Gasteiger partial charge in [-0.05, 0) is 59.5 Å². The number of nitrogens with zero attached hydrogens (tertiary/aromatic N) is 1. The van der Waals surface area contributed by atoms with Crippen LogP contribution in [-0.2, 0) is 6.42 Å². The minimum Gasteiger partial charge on any atom is -0.508 e. The number of pyridine rings is 1. The molecule has 0 aliphatic rings. The van der Waals surface area contributed by atoms with E-state index in [1.54, 1.807) is 48.8 Å². The van der Waals surface area contributed by atoms with Crippen LogP contribution >= 0.6 is 0 Å². The first-order chi connectivity index (χ1) is 12.7. The summed E-state index contributed by atoms with van der Waals surface area (Å²) < 4.78 is 0. The number of aliphatic hydroxyl groups excluding tert-OH is 1. The number of nitrogens with one attached hydrogen (secondary N) is 1. The lowest BCUT2D eigenvalue weighted by Crippen LogP contribution is -2.39. The monoisotopic (exact) mass is 348 g/mol. The van der Waals surface area contributed by atoms with E-state index in [0.29, 0.717) is 12.0 Å². The number of hydrogen-bond donors (Lipinski definition) is 3. The van der Waals surface area contributed by atoms with Gasteiger partial charge in [0.05, 0.1) is 12.6 Å². The summed E-state index contributed by atoms with van der Waals surface area (Å²) in [5, 5.41) is 21.7. The molecule has 1 atom stereocenters. The molecule has 1 heterocycles. The summed E-state index contributed by atoms with van der Waals surface area (Å²) in [5.41, 5.74) is 3.50. The summed E-state index contributed by atoms with van der Waals surface area (Å²) in [6.45, 7) is -0.165. The van der Waals surface area contributed by atoms with Gasteiger partial charge < -0.3 is 15.5 Å². The molecule has 0 unspecified atom stereocenters. The van der Waals surface area contributed by atoms with Gasteiger partial charge in [0.2, 0.25) is 0 Å². The van der Waals surface area contributed by atoms with Crippen molar-refractivity contribution >= 4 is 5.91 Å². The SMILES string of the molecule is O=C(N[C@@H](CO)Cc1ccc(O)cc1)c1ccc(-c2ccncc2)cc1. The van der Waals surface area contributed by atoms with Gasteiger partial charge in [-0.25, -0.2) is 0 Å². The summed E-state index contributed by atoms with van der Waals surface area (Å²) in [4.78, 5) is 16.4. The van der Waals surface area contributed by atoms with E-state index in [1.165, 1.54) is 0 Å². The second kappa shape index (κ2) is 8.27. The second-order valence-corrected chi connectivity index (χ2v) is 6.04. The van der Waals surface area contributed by atoms with Crippen LogP contribution in [0.25, 0.3) is 11.1 Å². The zero-order valence-electron chi connectivity index (χ0n) is 14.2. The summed E-state index contributed by atoms with van der Waals surface area (Å²) >= 11 is 0. The molecule has 0 fully saturated rings. The van der Waals surface area contributed by atoms with Crippen molar-refractivity contribution < 1.29 is 15.0 Å². The average molecular weight is 348 g/mol. The van der Waals surface area contributed by atoms with Gasteiger partial charge in [0.25, 0.3) is 5.91 Å². The molecule has 5 nitrogen and oxygen atoms in total. The molecule has 0 spiro atoms. The average Bonchev–Trinajstić information content (AvgIpc) is 2.70. The van der Waals surface area contributed by atoms with Gasteiger partial charge in [-0.2, -0.15) is 0 Å². The van der Waals surface area contributed by atoms with Gasteiger partial charge in [0.1, 0.15) is 5.75 Å². The van der Waals surface area contributed by atoms with Crippen LogP contribution in [0.15, 0.2) is 73.1 Å². The first-order valence-electron chi connectivity index (χ1n) is 8.36. The second-order valence-electron chi connectivity index (χ2n) is 6.04. The summed E-state index contributed by atoms with van der Waals surface area (Å²) in [6, 6.07) is 17.4. The van der Waals surface area contributed by atoms with Gasteiger partial charge in [-0.3, -0.25) is 9.78 Å². The Morgan fingerprint density at radius 2 is 1.54 bits per heavy atom. The van der Waals surface area contributed by atoms with E-state index in [2.05, 4.69) is 10.3 Å². The Bertz CT molecular complexity index is 847. The largest absolute Gasteiger partial charge is 0.508 e. The summed E-state index contributed by atoms with van der Waals surface area (Å²) in [7, 11) is 0. The maximum absolute atomic E-state index is 12.4. The van der Waals surface area contributed by atoms with E-state index >= 15 is 0 Å². The smallest absolute Gasteiger partial charge is 0.251 e. The van der Waals surface area contributed by atoms with Crippen molar-refractivity contribution in [1.82, 2.24) is 10.3 Å². The third-order valence-corrected chi connectivity index (χ3v) is 4.13. The number of hydrogen-bond acceptors (Lipinski definition) is 4. The van der Waals surface area contributed by atoms with Crippen LogP contribution in [0.2, 0.25) is 0 Å². The number of carbonyl (C=O) groups excluding carboxylic acids is 1. The molecule has 0 radical (unpaired) electrons. The van der Waals surface area contributed by atoms with Crippen molar-refractivity contribution in [3.8, 4) is 16.9 Å². The Labute approximate surface area is 152 Å². The molecular formula is C21H20N2O3. The molecule has 0 saturated heterocycles. The maximum atomic E-state index is 12.4. The molecule has 2 aromatic carbocycles. The fraction of sp³-hybridized carbons (Fsp3) is 0.143. The van der Waals surface area contributed by atoms with Crippen LogP contribution in [0.4, 0.5) is 0 Å². The van der Waals surface area contributed by atoms with Crippen molar-refractivity contribution in [1.29, 1.82) is 0 Å². The zero-order chi connectivity index (χ0) is 18.4. The lowest BCUT2D eigenvalue weighted by Gasteiger charge is -2.16. The zero-order valence-corrected chi connectivity index (χ0v) is 14.2. The molecule has 1 aromatic heterocycles. The van der Waals surface area contributed by atoms with E-state index in [-0.39, 0.29) is 18.3 Å². The predicted molar refractivity (Wildman–Crippen MR) is 99.8 cm³/mol. The molecule has 3 rings (SSSR count). The van der Waals surface area contributed by atoms with Crippen molar-refractivity contribution in [3.63, 3.8) is 0 Å². The third-order valence-electron chi connectivity index (χ3n) is 4.13. The first kappa shape index (κ1) is 17.6. The minimum atomic E-state index is -0.396. The first-order valence-corrected chi connectivity index (χ1v) is 8.36. The molecule has 3 N–H and O–H groups in total. The molecule has 5 heteroatoms. The van der Waals surface area contributed by atoms with Crippen LogP contribution in [0.3, 0.4) is 0 Å². The quantitative estimate of drug-likeness (QED) is 0.640. The Balaban J connectivity index is 1.65. The fourth-order valence-corrected chi connectivity index (χ4v) is 2.70. The van der Waals surface area contributed by atoms with Gasteiger partial charge >= 0.3 is 0 Å². The Hall–Kier alpha value is -3.18. The van der Waals surface area contributed by atoms with Gasteiger partial charge in [0, 0.05) is 18.0 Å². The molecule has 0 bridgehead atoms.